The van der Waals surface area contributed by atoms with Crippen LogP contribution in [0.25, 0.3) is 11.1 Å². The molecule has 3 N–H and O–H groups in total. The molecule has 4 aromatic rings. The first-order valence-electron chi connectivity index (χ1n) is 19.9. The third-order valence-corrected chi connectivity index (χ3v) is 14.6. The van der Waals surface area contributed by atoms with Crippen molar-refractivity contribution in [2.75, 3.05) is 30.3 Å². The van der Waals surface area contributed by atoms with E-state index < -0.39 is 11.4 Å². The Morgan fingerprint density at radius 3 is 1.88 bits per heavy atom. The maximum atomic E-state index is 13.8. The van der Waals surface area contributed by atoms with Gasteiger partial charge in [-0.1, -0.05) is 53.9 Å². The number of rotatable bonds is 10. The second kappa shape index (κ2) is 14.3. The molecule has 0 saturated heterocycles. The van der Waals surface area contributed by atoms with Crippen LogP contribution in [0.3, 0.4) is 0 Å². The zero-order valence-corrected chi connectivity index (χ0v) is 33.5. The number of nitrogens with one attached hydrogen (secondary N) is 2. The van der Waals surface area contributed by atoms with Gasteiger partial charge in [0.2, 0.25) is 0 Å². The predicted octanol–water partition coefficient (Wildman–Crippen LogP) is 7.33. The molecule has 294 valence electrons. The fraction of sp³-hybridized carbons (Fsp3) is 0.500. The molecule has 2 amide bonds. The average Bonchev–Trinajstić information content (AvgIpc) is 3.92. The highest BCUT2D eigenvalue weighted by Gasteiger charge is 2.57. The van der Waals surface area contributed by atoms with Crippen molar-refractivity contribution >= 4 is 52.4 Å². The summed E-state index contributed by atoms with van der Waals surface area (Å²) in [6, 6.07) is 11.4. The summed E-state index contributed by atoms with van der Waals surface area (Å²) in [6.45, 7) is 4.16. The Kier molecular flexibility index (Phi) is 9.54. The van der Waals surface area contributed by atoms with Crippen molar-refractivity contribution in [2.45, 2.75) is 89.8 Å². The third kappa shape index (κ3) is 6.42. The normalized spacial score (nSPS) is 23.4. The van der Waals surface area contributed by atoms with E-state index >= 15 is 0 Å². The Morgan fingerprint density at radius 2 is 1.36 bits per heavy atom. The van der Waals surface area contributed by atoms with Crippen LogP contribution >= 0.6 is 23.2 Å². The number of hydrogen-bond acceptors (Lipinski definition) is 7. The van der Waals surface area contributed by atoms with Crippen molar-refractivity contribution in [3.05, 3.63) is 80.9 Å². The van der Waals surface area contributed by atoms with Crippen LogP contribution in [0.4, 0.5) is 11.4 Å². The summed E-state index contributed by atoms with van der Waals surface area (Å²) in [7, 11) is 3.77. The molecule has 12 nitrogen and oxygen atoms in total. The van der Waals surface area contributed by atoms with Gasteiger partial charge in [-0.25, -0.2) is 9.97 Å². The summed E-state index contributed by atoms with van der Waals surface area (Å²) in [5.74, 6) is -0.666. The van der Waals surface area contributed by atoms with Gasteiger partial charge in [0.05, 0.1) is 38.2 Å². The highest BCUT2D eigenvalue weighted by molar-refractivity contribution is 6.40. The number of nitrogens with zero attached hydrogens (tertiary/aromatic N) is 6. The van der Waals surface area contributed by atoms with Gasteiger partial charge in [-0.15, -0.1) is 0 Å². The molecule has 4 heterocycles. The van der Waals surface area contributed by atoms with Gasteiger partial charge >= 0.3 is 5.97 Å². The fourth-order valence-electron chi connectivity index (χ4n) is 10.2. The molecule has 0 unspecified atom stereocenters. The Hall–Kier alpha value is -4.23. The van der Waals surface area contributed by atoms with Gasteiger partial charge < -0.3 is 24.9 Å². The molecular formula is C42H48Cl2N8O4. The number of benzene rings is 2. The first-order valence-corrected chi connectivity index (χ1v) is 20.7. The van der Waals surface area contributed by atoms with Crippen molar-refractivity contribution in [3.8, 4) is 11.1 Å². The number of carboxylic acid groups (broad SMARTS) is 1. The van der Waals surface area contributed by atoms with Crippen LogP contribution in [0.5, 0.6) is 0 Å². The first kappa shape index (κ1) is 37.4. The Labute approximate surface area is 336 Å². The van der Waals surface area contributed by atoms with Gasteiger partial charge in [-0.2, -0.15) is 0 Å². The van der Waals surface area contributed by atoms with E-state index in [0.29, 0.717) is 56.8 Å². The van der Waals surface area contributed by atoms with Crippen LogP contribution in [-0.4, -0.2) is 77.5 Å². The number of hydrogen-bond donors (Lipinski definition) is 3. The molecular weight excluding hydrogens is 751 g/mol. The van der Waals surface area contributed by atoms with Crippen LogP contribution in [0.1, 0.15) is 102 Å². The number of halogens is 2. The second-order valence-corrected chi connectivity index (χ2v) is 17.6. The summed E-state index contributed by atoms with van der Waals surface area (Å²) in [4.78, 5) is 53.8. The molecule has 56 heavy (non-hydrogen) atoms. The number of anilines is 2. The number of aromatic nitrogens is 4. The third-order valence-electron chi connectivity index (χ3n) is 13.8. The molecule has 3 aliphatic carbocycles. The maximum absolute atomic E-state index is 13.8. The zero-order chi connectivity index (χ0) is 38.9. The van der Waals surface area contributed by atoms with Gasteiger partial charge in [0.1, 0.15) is 0 Å². The Morgan fingerprint density at radius 1 is 0.804 bits per heavy atom. The molecule has 3 fully saturated rings. The minimum absolute atomic E-state index is 0.137. The molecule has 2 aromatic carbocycles. The zero-order valence-electron chi connectivity index (χ0n) is 32.0. The van der Waals surface area contributed by atoms with E-state index in [1.807, 2.05) is 41.4 Å². The summed E-state index contributed by atoms with van der Waals surface area (Å²) >= 11 is 14.0. The molecule has 0 radical (unpaired) electrons. The topological polar surface area (TPSA) is 138 Å². The minimum Gasteiger partial charge on any atom is -0.481 e. The molecule has 9 rings (SSSR count). The first-order chi connectivity index (χ1) is 26.9. The van der Waals surface area contributed by atoms with E-state index in [2.05, 4.69) is 20.4 Å². The predicted molar refractivity (Wildman–Crippen MR) is 215 cm³/mol. The van der Waals surface area contributed by atoms with Crippen LogP contribution < -0.4 is 10.6 Å². The van der Waals surface area contributed by atoms with Crippen LogP contribution in [-0.2, 0) is 44.8 Å². The van der Waals surface area contributed by atoms with E-state index in [-0.39, 0.29) is 17.2 Å². The molecule has 5 aliphatic rings. The van der Waals surface area contributed by atoms with Crippen LogP contribution in [0.2, 0.25) is 10.0 Å². The van der Waals surface area contributed by atoms with E-state index in [9.17, 15) is 19.5 Å². The summed E-state index contributed by atoms with van der Waals surface area (Å²) < 4.78 is 3.77. The lowest BCUT2D eigenvalue weighted by molar-refractivity contribution is -0.148. The Bertz CT molecular complexity index is 2250. The second-order valence-electron chi connectivity index (χ2n) is 16.9. The van der Waals surface area contributed by atoms with Crippen molar-refractivity contribution in [2.24, 2.45) is 24.9 Å². The highest BCUT2D eigenvalue weighted by atomic mass is 35.5. The van der Waals surface area contributed by atoms with E-state index in [1.54, 1.807) is 18.2 Å². The van der Waals surface area contributed by atoms with Gasteiger partial charge in [0.25, 0.3) is 11.8 Å². The summed E-state index contributed by atoms with van der Waals surface area (Å²) in [5.41, 5.74) is 5.70. The van der Waals surface area contributed by atoms with Crippen molar-refractivity contribution in [1.82, 2.24) is 28.9 Å². The molecule has 2 bridgehead atoms. The SMILES string of the molecule is Cn1c(C(=O)Nc2cccc(-c3cccc(NC(=O)c4nc5c(n4C)CCN(C4CCC4)C5)c3Cl)c2Cl)nc2c1CCN(CCC13CCC(C(=O)O)(CC1)C3)C2. The van der Waals surface area contributed by atoms with E-state index in [0.717, 1.165) is 100 Å². The van der Waals surface area contributed by atoms with Crippen LogP contribution in [0, 0.1) is 10.8 Å². The van der Waals surface area contributed by atoms with Crippen molar-refractivity contribution < 1.29 is 19.5 Å². The Balaban J connectivity index is 0.869. The maximum Gasteiger partial charge on any atom is 0.309 e. The lowest BCUT2D eigenvalue weighted by atomic mass is 9.80. The molecule has 0 atom stereocenters. The molecule has 0 spiro atoms. The van der Waals surface area contributed by atoms with Gasteiger partial charge in [-0.05, 0) is 75.5 Å². The van der Waals surface area contributed by atoms with Gasteiger partial charge in [0, 0.05) is 81.7 Å². The van der Waals surface area contributed by atoms with Gasteiger partial charge in [-0.3, -0.25) is 24.2 Å². The number of imidazole rings is 2. The number of aliphatic carboxylic acids is 1. The summed E-state index contributed by atoms with van der Waals surface area (Å²) in [5, 5.41) is 16.4. The lowest BCUT2D eigenvalue weighted by Gasteiger charge is -2.39. The average molecular weight is 800 g/mol. The number of amides is 2. The van der Waals surface area contributed by atoms with Crippen molar-refractivity contribution in [1.29, 1.82) is 0 Å². The van der Waals surface area contributed by atoms with E-state index in [1.165, 1.54) is 19.3 Å². The largest absolute Gasteiger partial charge is 0.481 e. The molecule has 3 saturated carbocycles. The van der Waals surface area contributed by atoms with Crippen LogP contribution in [0.15, 0.2) is 36.4 Å². The van der Waals surface area contributed by atoms with Crippen molar-refractivity contribution in [3.63, 3.8) is 0 Å². The number of carbonyl (C=O) groups excluding carboxylic acids is 2. The molecule has 2 aliphatic heterocycles. The smallest absolute Gasteiger partial charge is 0.309 e. The molecule has 14 heteroatoms. The molecule has 2 aromatic heterocycles. The minimum atomic E-state index is -0.625. The number of carbonyl (C=O) groups is 3. The fourth-order valence-corrected chi connectivity index (χ4v) is 10.7. The monoisotopic (exact) mass is 798 g/mol. The standard InChI is InChI=1S/C42H48Cl2N8O4/c1-49-32-12-19-51(21-18-41-14-16-42(24-41,17-15-41)40(55)56)22-30(32)45-36(49)38(53)47-28-10-4-8-26(34(28)43)27-9-5-11-29(35(27)44)48-39(54)37-46-31-23-52(25-6-3-7-25)20-13-33(31)50(37)2/h4-5,8-11,25H,3,6-7,12-24H2,1-2H3,(H,47,53)(H,48,54)(H,55,56). The quantitative estimate of drug-likeness (QED) is 0.152. The van der Waals surface area contributed by atoms with E-state index in [4.69, 9.17) is 33.2 Å². The highest BCUT2D eigenvalue weighted by Crippen LogP contribution is 2.63. The lowest BCUT2D eigenvalue weighted by Crippen LogP contribution is -2.43. The number of carboxylic acids is 1. The number of fused-ring (bicyclic) bond motifs is 4. The summed E-state index contributed by atoms with van der Waals surface area (Å²) in [6.07, 6.45) is 10.8. The van der Waals surface area contributed by atoms with Gasteiger partial charge in [0.15, 0.2) is 11.6 Å².